The summed E-state index contributed by atoms with van der Waals surface area (Å²) in [7, 11) is 0. The Hall–Kier alpha value is -1.10. The Bertz CT molecular complexity index is 558. The highest BCUT2D eigenvalue weighted by atomic mass is 32.1. The molecule has 16 heavy (non-hydrogen) atoms. The van der Waals surface area contributed by atoms with Crippen molar-refractivity contribution >= 4 is 23.4 Å². The summed E-state index contributed by atoms with van der Waals surface area (Å²) in [5.74, 6) is 0.575. The molecule has 0 saturated carbocycles. The van der Waals surface area contributed by atoms with Gasteiger partial charge in [-0.25, -0.2) is 4.68 Å². The number of hydrogen-bond donors (Lipinski definition) is 1. The van der Waals surface area contributed by atoms with E-state index in [9.17, 15) is 0 Å². The van der Waals surface area contributed by atoms with Crippen LogP contribution in [0, 0.1) is 17.6 Å². The number of nitrogens with one attached hydrogen (secondary N) is 1. The van der Waals surface area contributed by atoms with Gasteiger partial charge in [0, 0.05) is 13.1 Å². The zero-order chi connectivity index (χ0) is 11.9. The van der Waals surface area contributed by atoms with Crippen LogP contribution in [-0.4, -0.2) is 19.3 Å². The predicted octanol–water partition coefficient (Wildman–Crippen LogP) is 2.88. The summed E-state index contributed by atoms with van der Waals surface area (Å²) in [4.78, 5) is 3.25. The molecule has 0 atom stereocenters. The molecular formula is C11H18N4S. The standard InChI is InChI=1S/C11H18N4S/c1-5-15-10-9(8(4)13-15)12-11(16)14(10)6-7(2)3/h7H,5-6H2,1-4H3,(H,12,16). The summed E-state index contributed by atoms with van der Waals surface area (Å²) in [6.07, 6.45) is 0. The lowest BCUT2D eigenvalue weighted by Crippen LogP contribution is -2.08. The Morgan fingerprint density at radius 1 is 1.44 bits per heavy atom. The Kier molecular flexibility index (Phi) is 2.88. The van der Waals surface area contributed by atoms with E-state index in [4.69, 9.17) is 12.2 Å². The van der Waals surface area contributed by atoms with Gasteiger partial charge in [0.25, 0.3) is 0 Å². The van der Waals surface area contributed by atoms with Crippen LogP contribution in [0.4, 0.5) is 0 Å². The number of fused-ring (bicyclic) bond motifs is 1. The smallest absolute Gasteiger partial charge is 0.179 e. The summed E-state index contributed by atoms with van der Waals surface area (Å²) in [6.45, 7) is 10.3. The Morgan fingerprint density at radius 2 is 2.12 bits per heavy atom. The second kappa shape index (κ2) is 4.05. The second-order valence-electron chi connectivity index (χ2n) is 4.53. The number of rotatable bonds is 3. The minimum Gasteiger partial charge on any atom is -0.328 e. The molecule has 0 saturated heterocycles. The minimum atomic E-state index is 0.575. The quantitative estimate of drug-likeness (QED) is 0.835. The molecule has 0 radical (unpaired) electrons. The van der Waals surface area contributed by atoms with Gasteiger partial charge in [-0.1, -0.05) is 13.8 Å². The molecular weight excluding hydrogens is 220 g/mol. The maximum atomic E-state index is 5.36. The van der Waals surface area contributed by atoms with Crippen LogP contribution in [0.2, 0.25) is 0 Å². The van der Waals surface area contributed by atoms with Gasteiger partial charge in [-0.3, -0.25) is 0 Å². The van der Waals surface area contributed by atoms with Crippen molar-refractivity contribution in [1.29, 1.82) is 0 Å². The van der Waals surface area contributed by atoms with E-state index in [0.29, 0.717) is 5.92 Å². The van der Waals surface area contributed by atoms with E-state index in [1.54, 1.807) is 0 Å². The number of H-pyrrole nitrogens is 1. The highest BCUT2D eigenvalue weighted by Gasteiger charge is 2.14. The SMILES string of the molecule is CCn1nc(C)c2[nH]c(=S)n(CC(C)C)c21. The molecule has 0 bridgehead atoms. The fourth-order valence-electron chi connectivity index (χ4n) is 2.02. The lowest BCUT2D eigenvalue weighted by molar-refractivity contribution is 0.515. The van der Waals surface area contributed by atoms with Gasteiger partial charge in [-0.05, 0) is 32.0 Å². The molecule has 88 valence electrons. The van der Waals surface area contributed by atoms with Gasteiger partial charge in [-0.15, -0.1) is 0 Å². The van der Waals surface area contributed by atoms with Gasteiger partial charge in [0.05, 0.1) is 5.69 Å². The van der Waals surface area contributed by atoms with Crippen LogP contribution in [0.25, 0.3) is 11.2 Å². The van der Waals surface area contributed by atoms with Crippen LogP contribution in [0.5, 0.6) is 0 Å². The van der Waals surface area contributed by atoms with E-state index < -0.39 is 0 Å². The van der Waals surface area contributed by atoms with Gasteiger partial charge in [0.1, 0.15) is 5.52 Å². The largest absolute Gasteiger partial charge is 0.328 e. The fraction of sp³-hybridized carbons (Fsp3) is 0.636. The summed E-state index contributed by atoms with van der Waals surface area (Å²) in [6, 6.07) is 0. The number of aromatic nitrogens is 4. The van der Waals surface area contributed by atoms with Crippen molar-refractivity contribution in [3.05, 3.63) is 10.5 Å². The summed E-state index contributed by atoms with van der Waals surface area (Å²) >= 11 is 5.36. The maximum Gasteiger partial charge on any atom is 0.179 e. The molecule has 2 aromatic heterocycles. The lowest BCUT2D eigenvalue weighted by atomic mass is 10.2. The monoisotopic (exact) mass is 238 g/mol. The molecule has 2 aromatic rings. The molecule has 0 aliphatic rings. The first kappa shape index (κ1) is 11.4. The van der Waals surface area contributed by atoms with Crippen molar-refractivity contribution in [2.75, 3.05) is 0 Å². The molecule has 2 heterocycles. The third-order valence-electron chi connectivity index (χ3n) is 2.68. The maximum absolute atomic E-state index is 5.36. The zero-order valence-corrected chi connectivity index (χ0v) is 11.1. The molecule has 4 nitrogen and oxygen atoms in total. The molecule has 0 fully saturated rings. The topological polar surface area (TPSA) is 38.5 Å². The van der Waals surface area contributed by atoms with Gasteiger partial charge >= 0.3 is 0 Å². The zero-order valence-electron chi connectivity index (χ0n) is 10.2. The van der Waals surface area contributed by atoms with Crippen LogP contribution in [0.15, 0.2) is 0 Å². The number of aromatic amines is 1. The predicted molar refractivity (Wildman–Crippen MR) is 68.2 cm³/mol. The van der Waals surface area contributed by atoms with E-state index in [1.807, 2.05) is 11.6 Å². The van der Waals surface area contributed by atoms with Crippen molar-refractivity contribution in [2.45, 2.75) is 40.8 Å². The summed E-state index contributed by atoms with van der Waals surface area (Å²) < 4.78 is 4.96. The first-order valence-corrected chi connectivity index (χ1v) is 6.11. The number of aryl methyl sites for hydroxylation is 2. The van der Waals surface area contributed by atoms with E-state index in [-0.39, 0.29) is 0 Å². The van der Waals surface area contributed by atoms with Crippen molar-refractivity contribution in [3.8, 4) is 0 Å². The van der Waals surface area contributed by atoms with Crippen molar-refractivity contribution in [2.24, 2.45) is 5.92 Å². The molecule has 0 spiro atoms. The first-order valence-electron chi connectivity index (χ1n) is 5.70. The van der Waals surface area contributed by atoms with Gasteiger partial charge in [0.2, 0.25) is 0 Å². The molecule has 0 aliphatic carbocycles. The summed E-state index contributed by atoms with van der Waals surface area (Å²) in [5.41, 5.74) is 3.22. The number of imidazole rings is 1. The fourth-order valence-corrected chi connectivity index (χ4v) is 2.28. The molecule has 5 heteroatoms. The van der Waals surface area contributed by atoms with E-state index in [1.165, 1.54) is 0 Å². The molecule has 0 aromatic carbocycles. The average Bonchev–Trinajstić information content (AvgIpc) is 2.67. The van der Waals surface area contributed by atoms with Crippen LogP contribution < -0.4 is 0 Å². The molecule has 2 rings (SSSR count). The third-order valence-corrected chi connectivity index (χ3v) is 3.00. The van der Waals surface area contributed by atoms with Crippen LogP contribution in [-0.2, 0) is 13.1 Å². The first-order chi connectivity index (χ1) is 7.54. The van der Waals surface area contributed by atoms with Crippen LogP contribution in [0.1, 0.15) is 26.5 Å². The normalized spacial score (nSPS) is 11.8. The molecule has 0 unspecified atom stereocenters. The number of nitrogens with zero attached hydrogens (tertiary/aromatic N) is 3. The van der Waals surface area contributed by atoms with E-state index in [2.05, 4.69) is 35.4 Å². The van der Waals surface area contributed by atoms with Crippen LogP contribution in [0.3, 0.4) is 0 Å². The molecule has 1 N–H and O–H groups in total. The van der Waals surface area contributed by atoms with E-state index >= 15 is 0 Å². The van der Waals surface area contributed by atoms with Crippen molar-refractivity contribution in [1.82, 2.24) is 19.3 Å². The van der Waals surface area contributed by atoms with Gasteiger partial charge in [-0.2, -0.15) is 5.10 Å². The Labute approximate surface area is 100 Å². The van der Waals surface area contributed by atoms with Crippen molar-refractivity contribution in [3.63, 3.8) is 0 Å². The highest BCUT2D eigenvalue weighted by Crippen LogP contribution is 2.19. The van der Waals surface area contributed by atoms with Gasteiger partial charge in [0.15, 0.2) is 10.4 Å². The number of hydrogen-bond acceptors (Lipinski definition) is 2. The highest BCUT2D eigenvalue weighted by molar-refractivity contribution is 7.71. The Balaban J connectivity index is 2.70. The molecule has 0 amide bonds. The second-order valence-corrected chi connectivity index (χ2v) is 4.92. The van der Waals surface area contributed by atoms with Gasteiger partial charge < -0.3 is 9.55 Å². The molecule has 0 aliphatic heterocycles. The Morgan fingerprint density at radius 3 is 2.69 bits per heavy atom. The van der Waals surface area contributed by atoms with E-state index in [0.717, 1.165) is 34.7 Å². The average molecular weight is 238 g/mol. The van der Waals surface area contributed by atoms with Crippen LogP contribution >= 0.6 is 12.2 Å². The summed E-state index contributed by atoms with van der Waals surface area (Å²) in [5, 5.41) is 4.50. The van der Waals surface area contributed by atoms with Crippen molar-refractivity contribution < 1.29 is 0 Å². The lowest BCUT2D eigenvalue weighted by Gasteiger charge is -2.08. The minimum absolute atomic E-state index is 0.575. The third kappa shape index (κ3) is 1.69.